The Balaban J connectivity index is -0.000000269. The van der Waals surface area contributed by atoms with Gasteiger partial charge in [0.1, 0.15) is 21.5 Å². The Morgan fingerprint density at radius 2 is 1.35 bits per heavy atom. The highest BCUT2D eigenvalue weighted by atomic mass is 35.5. The average Bonchev–Trinajstić information content (AvgIpc) is 3.35. The van der Waals surface area contributed by atoms with Crippen LogP contribution in [0.1, 0.15) is 79.7 Å². The molecule has 0 unspecified atom stereocenters. The van der Waals surface area contributed by atoms with Gasteiger partial charge < -0.3 is 25.6 Å². The van der Waals surface area contributed by atoms with E-state index in [0.717, 1.165) is 23.9 Å². The lowest BCUT2D eigenvalue weighted by molar-refractivity contribution is 0.0590. The highest BCUT2D eigenvalue weighted by Crippen LogP contribution is 2.20. The molecule has 0 fully saturated rings. The number of aliphatic hydroxyl groups excluding tert-OH is 1. The van der Waals surface area contributed by atoms with Crippen LogP contribution in [0.5, 0.6) is 0 Å². The molecule has 3 aromatic rings. The second-order valence-corrected chi connectivity index (χ2v) is 9.23. The van der Waals surface area contributed by atoms with Crippen LogP contribution in [0.4, 0.5) is 0 Å². The zero-order chi connectivity index (χ0) is 32.1. The number of hydrogen-bond acceptors (Lipinski definition) is 11. The standard InChI is InChI=1S/C9H11ClN2O2.C9H7ClN2O2.C8H7ClN2O.CH4O.2CH4.BH4.ClH/c2*1-5-3-6(9(13)14-2)7(4-11)12-8(5)10;1-4-2-5-6(11-7(4)9)3-10-8(5)12;1-2;;;;/h3H,4,11H2,1-2H3;3H,1-2H3;2H,3H2,1H3,(H,10,12);2H,1H3;3*1H4;1H/q;;;;;;-1;. The van der Waals surface area contributed by atoms with Gasteiger partial charge >= 0.3 is 11.9 Å². The van der Waals surface area contributed by atoms with Crippen LogP contribution in [-0.4, -0.2) is 67.6 Å². The molecule has 1 aliphatic rings. The van der Waals surface area contributed by atoms with Crippen LogP contribution >= 0.6 is 47.2 Å². The molecule has 0 radical (unpaired) electrons. The molecule has 4 heterocycles. The first-order valence-corrected chi connectivity index (χ1v) is 13.0. The zero-order valence-corrected chi connectivity index (χ0v) is 27.1. The molecule has 1 amide bonds. The Bertz CT molecular complexity index is 1520. The van der Waals surface area contributed by atoms with Crippen molar-refractivity contribution in [3.05, 3.63) is 84.1 Å². The van der Waals surface area contributed by atoms with Crippen molar-refractivity contribution in [1.29, 1.82) is 5.26 Å². The lowest BCUT2D eigenvalue weighted by Gasteiger charge is -2.07. The van der Waals surface area contributed by atoms with Crippen molar-refractivity contribution in [3.63, 3.8) is 0 Å². The summed E-state index contributed by atoms with van der Waals surface area (Å²) in [6.45, 7) is 5.95. The van der Waals surface area contributed by atoms with Crippen LogP contribution in [-0.2, 0) is 22.6 Å². The molecular weight excluding hydrogens is 681 g/mol. The van der Waals surface area contributed by atoms with Crippen molar-refractivity contribution in [2.24, 2.45) is 5.73 Å². The van der Waals surface area contributed by atoms with E-state index >= 15 is 0 Å². The summed E-state index contributed by atoms with van der Waals surface area (Å²) < 4.78 is 9.10. The molecule has 4 rings (SSSR count). The number of carbonyl (C=O) groups excluding carboxylic acids is 3. The first-order chi connectivity index (χ1) is 19.9. The number of amides is 1. The molecule has 1 aliphatic heterocycles. The lowest BCUT2D eigenvalue weighted by atomic mass is 10.1. The summed E-state index contributed by atoms with van der Waals surface area (Å²) in [4.78, 5) is 45.5. The number of carbonyl (C=O) groups is 3. The summed E-state index contributed by atoms with van der Waals surface area (Å²) in [6.07, 6.45) is 0. The summed E-state index contributed by atoms with van der Waals surface area (Å²) in [7, 11) is 3.56. The van der Waals surface area contributed by atoms with Crippen LogP contribution in [0.15, 0.2) is 18.2 Å². The lowest BCUT2D eigenvalue weighted by Crippen LogP contribution is -2.12. The van der Waals surface area contributed by atoms with Crippen LogP contribution in [0, 0.1) is 32.1 Å². The number of fused-ring (bicyclic) bond motifs is 1. The fraction of sp³-hybridized carbons (Fsp3) is 0.345. The highest BCUT2D eigenvalue weighted by Gasteiger charge is 2.21. The number of nitrogens with two attached hydrogens (primary N) is 1. The number of nitrogens with zero attached hydrogens (tertiary/aromatic N) is 4. The van der Waals surface area contributed by atoms with Crippen molar-refractivity contribution in [3.8, 4) is 6.07 Å². The SMILES string of the molecule is C.C.CO.COC(=O)c1cc(C)c(Cl)nc1C#N.COC(=O)c1cc(C)c(Cl)nc1CN.Cc1cc2c(nc1Cl)CNC2=O.Cl.[BH4-]. The Morgan fingerprint density at radius 3 is 1.83 bits per heavy atom. The van der Waals surface area contributed by atoms with E-state index in [4.69, 9.17) is 50.9 Å². The van der Waals surface area contributed by atoms with Gasteiger partial charge in [0, 0.05) is 13.7 Å². The fourth-order valence-electron chi connectivity index (χ4n) is 3.23. The van der Waals surface area contributed by atoms with Gasteiger partial charge in [0.15, 0.2) is 5.69 Å². The minimum Gasteiger partial charge on any atom is -0.465 e. The number of nitriles is 1. The maximum Gasteiger partial charge on any atom is 0.340 e. The molecule has 0 saturated carbocycles. The predicted octanol–water partition coefficient (Wildman–Crippen LogP) is 4.13. The minimum atomic E-state index is -0.589. The number of methoxy groups -OCH3 is 2. The van der Waals surface area contributed by atoms with Gasteiger partial charge in [-0.1, -0.05) is 58.1 Å². The molecule has 46 heavy (non-hydrogen) atoms. The molecular formula is C29H42BCl4N6O6-. The van der Waals surface area contributed by atoms with Crippen LogP contribution in [0.3, 0.4) is 0 Å². The number of nitrogens with one attached hydrogen (secondary N) is 1. The van der Waals surface area contributed by atoms with Crippen molar-refractivity contribution in [2.75, 3.05) is 21.3 Å². The normalized spacial score (nSPS) is 9.74. The van der Waals surface area contributed by atoms with Gasteiger partial charge in [0.25, 0.3) is 5.91 Å². The van der Waals surface area contributed by atoms with Crippen LogP contribution in [0.25, 0.3) is 0 Å². The molecule has 4 N–H and O–H groups in total. The summed E-state index contributed by atoms with van der Waals surface area (Å²) in [5.74, 6) is -1.09. The average molecular weight is 723 g/mol. The van der Waals surface area contributed by atoms with E-state index in [1.807, 2.05) is 6.92 Å². The molecule has 3 aromatic heterocycles. The number of esters is 2. The first-order valence-electron chi connectivity index (χ1n) is 11.9. The second-order valence-electron chi connectivity index (χ2n) is 8.15. The Kier molecular flexibility index (Phi) is 25.5. The van der Waals surface area contributed by atoms with E-state index < -0.39 is 11.9 Å². The smallest absolute Gasteiger partial charge is 0.340 e. The third-order valence-corrected chi connectivity index (χ3v) is 6.53. The minimum absolute atomic E-state index is 0. The summed E-state index contributed by atoms with van der Waals surface area (Å²) >= 11 is 17.3. The quantitative estimate of drug-likeness (QED) is 0.200. The molecule has 0 aromatic carbocycles. The Morgan fingerprint density at radius 1 is 0.913 bits per heavy atom. The largest absolute Gasteiger partial charge is 0.465 e. The number of pyridine rings is 3. The van der Waals surface area contributed by atoms with Gasteiger partial charge in [-0.25, -0.2) is 24.5 Å². The number of aliphatic hydroxyl groups is 1. The third kappa shape index (κ3) is 13.1. The van der Waals surface area contributed by atoms with E-state index in [9.17, 15) is 14.4 Å². The van der Waals surface area contributed by atoms with Gasteiger partial charge in [-0.15, -0.1) is 12.4 Å². The van der Waals surface area contributed by atoms with Crippen molar-refractivity contribution in [2.45, 2.75) is 48.7 Å². The molecule has 12 nitrogen and oxygen atoms in total. The van der Waals surface area contributed by atoms with Gasteiger partial charge in [0.05, 0.1) is 48.8 Å². The number of hydrogen-bond donors (Lipinski definition) is 3. The van der Waals surface area contributed by atoms with Crippen LogP contribution < -0.4 is 11.1 Å². The Hall–Kier alpha value is -3.51. The molecule has 0 bridgehead atoms. The fourth-order valence-corrected chi connectivity index (χ4v) is 3.68. The zero-order valence-electron chi connectivity index (χ0n) is 24.0. The topological polar surface area (TPSA) is 190 Å². The van der Waals surface area contributed by atoms with Gasteiger partial charge in [-0.05, 0) is 55.7 Å². The van der Waals surface area contributed by atoms with Crippen molar-refractivity contribution in [1.82, 2.24) is 20.3 Å². The molecule has 0 aliphatic carbocycles. The summed E-state index contributed by atoms with van der Waals surface area (Å²) in [5.41, 5.74) is 9.96. The first kappa shape index (κ1) is 49.4. The van der Waals surface area contributed by atoms with E-state index in [2.05, 4.69) is 29.7 Å². The van der Waals surface area contributed by atoms with Gasteiger partial charge in [-0.3, -0.25) is 4.79 Å². The van der Waals surface area contributed by atoms with E-state index in [1.165, 1.54) is 20.3 Å². The maximum atomic E-state index is 11.3. The van der Waals surface area contributed by atoms with Crippen LogP contribution in [0.2, 0.25) is 15.5 Å². The molecule has 0 atom stereocenters. The molecule has 0 saturated heterocycles. The van der Waals surface area contributed by atoms with Crippen molar-refractivity contribution < 1.29 is 29.0 Å². The number of rotatable bonds is 3. The molecule has 0 spiro atoms. The van der Waals surface area contributed by atoms with E-state index in [1.54, 1.807) is 32.0 Å². The second kappa shape index (κ2) is 23.8. The number of aryl methyl sites for hydroxylation is 3. The molecule has 17 heteroatoms. The van der Waals surface area contributed by atoms with Gasteiger partial charge in [0.2, 0.25) is 0 Å². The van der Waals surface area contributed by atoms with Gasteiger partial charge in [-0.2, -0.15) is 5.26 Å². The number of ether oxygens (including phenoxy) is 2. The third-order valence-electron chi connectivity index (χ3n) is 5.38. The highest BCUT2D eigenvalue weighted by molar-refractivity contribution is 6.31. The summed E-state index contributed by atoms with van der Waals surface area (Å²) in [5, 5.41) is 19.4. The maximum absolute atomic E-state index is 11.3. The summed E-state index contributed by atoms with van der Waals surface area (Å²) in [6, 6.07) is 6.67. The van der Waals surface area contributed by atoms with Crippen molar-refractivity contribution >= 4 is 73.5 Å². The van der Waals surface area contributed by atoms with E-state index in [-0.39, 0.29) is 64.5 Å². The number of halogens is 4. The molecule has 256 valence electrons. The predicted molar refractivity (Wildman–Crippen MR) is 189 cm³/mol. The number of aromatic nitrogens is 3. The monoisotopic (exact) mass is 721 g/mol. The van der Waals surface area contributed by atoms with E-state index in [0.29, 0.717) is 39.2 Å². The Labute approximate surface area is 293 Å².